The lowest BCUT2D eigenvalue weighted by molar-refractivity contribution is -0.0394. The Hall–Kier alpha value is -4.61. The third-order valence-corrected chi connectivity index (χ3v) is 7.96. The molecule has 1 N–H and O–H groups in total. The number of fused-ring (bicyclic) bond motifs is 1. The summed E-state index contributed by atoms with van der Waals surface area (Å²) in [6.45, 7) is 4.44. The highest BCUT2D eigenvalue weighted by Crippen LogP contribution is 2.35. The Labute approximate surface area is 266 Å². The zero-order valence-electron chi connectivity index (χ0n) is 26.1. The third kappa shape index (κ3) is 7.43. The fourth-order valence-corrected chi connectivity index (χ4v) is 5.46. The average molecular weight is 630 g/mol. The number of nitrogens with zero attached hydrogens (tertiary/aromatic N) is 4. The van der Waals surface area contributed by atoms with Crippen LogP contribution < -0.4 is 15.0 Å². The van der Waals surface area contributed by atoms with E-state index in [1.807, 2.05) is 36.6 Å². The van der Waals surface area contributed by atoms with E-state index in [0.717, 1.165) is 18.4 Å². The number of ether oxygens (including phenoxy) is 3. The standard InChI is InChI=1S/C35H37F2N5O4/c1-35(2,44-20-24-8-6-10-26(36)16-24)34-39-31-32(41-45-21-25-9-7-11-27(37)17-25)38-22-42(33(31)40-34)19-23-14-15-29(43-3)30(18-23)46-28-12-4-5-13-28/h6-11,14-18,22,28,41H,4-5,12-13,19-21H2,1-3H3. The van der Waals surface area contributed by atoms with E-state index < -0.39 is 5.60 Å². The van der Waals surface area contributed by atoms with Crippen LogP contribution in [0, 0.1) is 11.6 Å². The summed E-state index contributed by atoms with van der Waals surface area (Å²) >= 11 is 0. The molecule has 0 amide bonds. The van der Waals surface area contributed by atoms with Crippen LogP contribution in [0.25, 0.3) is 11.5 Å². The number of rotatable bonds is 13. The molecule has 0 spiro atoms. The number of hydrogen-bond acceptors (Lipinski definition) is 8. The van der Waals surface area contributed by atoms with Crippen molar-refractivity contribution in [3.05, 3.63) is 107 Å². The van der Waals surface area contributed by atoms with Gasteiger partial charge in [0.15, 0.2) is 34.7 Å². The molecule has 11 heteroatoms. The van der Waals surface area contributed by atoms with E-state index in [1.165, 1.54) is 37.1 Å². The van der Waals surface area contributed by atoms with Gasteiger partial charge >= 0.3 is 0 Å². The van der Waals surface area contributed by atoms with Crippen molar-refractivity contribution in [1.29, 1.82) is 0 Å². The molecule has 0 saturated heterocycles. The molecule has 46 heavy (non-hydrogen) atoms. The third-order valence-electron chi connectivity index (χ3n) is 7.96. The van der Waals surface area contributed by atoms with E-state index in [0.29, 0.717) is 52.3 Å². The van der Waals surface area contributed by atoms with Gasteiger partial charge in [-0.25, -0.2) is 29.2 Å². The second-order valence-corrected chi connectivity index (χ2v) is 11.9. The van der Waals surface area contributed by atoms with E-state index in [4.69, 9.17) is 29.0 Å². The molecular formula is C35H37F2N5O4. The summed E-state index contributed by atoms with van der Waals surface area (Å²) in [5, 5.41) is 0. The van der Waals surface area contributed by atoms with Gasteiger partial charge in [-0.2, -0.15) is 0 Å². The van der Waals surface area contributed by atoms with Gasteiger partial charge in [-0.05, 0) is 92.6 Å². The van der Waals surface area contributed by atoms with Crippen molar-refractivity contribution in [3.8, 4) is 23.0 Å². The molecule has 0 unspecified atom stereocenters. The lowest BCUT2D eigenvalue weighted by atomic mass is 10.1. The molecule has 9 nitrogen and oxygen atoms in total. The molecule has 3 aromatic rings. The topological polar surface area (TPSA) is 92.6 Å². The van der Waals surface area contributed by atoms with Crippen molar-refractivity contribution < 1.29 is 27.8 Å². The van der Waals surface area contributed by atoms with Crippen LogP contribution >= 0.6 is 0 Å². The minimum atomic E-state index is -0.925. The molecule has 1 fully saturated rings. The number of benzene rings is 3. The van der Waals surface area contributed by atoms with E-state index in [2.05, 4.69) is 10.5 Å². The molecule has 1 saturated carbocycles. The Morgan fingerprint density at radius 2 is 1.59 bits per heavy atom. The number of imidazole rings is 1. The minimum Gasteiger partial charge on any atom is -0.493 e. The maximum atomic E-state index is 13.8. The van der Waals surface area contributed by atoms with Crippen LogP contribution in [-0.4, -0.2) is 32.7 Å². The molecule has 240 valence electrons. The highest BCUT2D eigenvalue weighted by Gasteiger charge is 2.31. The molecule has 2 heterocycles. The molecule has 0 atom stereocenters. The highest BCUT2D eigenvalue weighted by atomic mass is 19.1. The molecule has 3 aromatic carbocycles. The van der Waals surface area contributed by atoms with Crippen LogP contribution in [-0.2, 0) is 34.9 Å². The van der Waals surface area contributed by atoms with E-state index in [-0.39, 0.29) is 31.0 Å². The van der Waals surface area contributed by atoms with E-state index in [1.54, 1.807) is 37.7 Å². The first-order valence-corrected chi connectivity index (χ1v) is 15.3. The van der Waals surface area contributed by atoms with Crippen molar-refractivity contribution in [2.75, 3.05) is 12.6 Å². The quantitative estimate of drug-likeness (QED) is 0.135. The molecule has 0 radical (unpaired) electrons. The number of anilines is 1. The number of methoxy groups -OCH3 is 1. The summed E-state index contributed by atoms with van der Waals surface area (Å²) in [4.78, 5) is 20.0. The van der Waals surface area contributed by atoms with Crippen LogP contribution in [0.2, 0.25) is 0 Å². The second-order valence-electron chi connectivity index (χ2n) is 11.9. The highest BCUT2D eigenvalue weighted by molar-refractivity contribution is 5.67. The number of hydrogen-bond donors (Lipinski definition) is 1. The Morgan fingerprint density at radius 3 is 2.28 bits per heavy atom. The minimum absolute atomic E-state index is 0.106. The summed E-state index contributed by atoms with van der Waals surface area (Å²) < 4.78 is 47.4. The van der Waals surface area contributed by atoms with Gasteiger partial charge in [-0.15, -0.1) is 0 Å². The maximum Gasteiger partial charge on any atom is 0.181 e. The first kappa shape index (κ1) is 31.4. The fraction of sp³-hybridized carbons (Fsp3) is 0.343. The Kier molecular flexibility index (Phi) is 9.41. The SMILES string of the molecule is COc1ccc(Cn2cnc(NOCc3cccc(F)c3)c3nc(C(C)(C)OCc4cccc(F)c4)nc2-3)cc1OC1CCCC1. The van der Waals surface area contributed by atoms with Crippen molar-refractivity contribution in [2.24, 2.45) is 0 Å². The Bertz CT molecular complexity index is 1760. The van der Waals surface area contributed by atoms with Crippen molar-refractivity contribution in [2.45, 2.75) is 71.0 Å². The molecule has 6 rings (SSSR count). The predicted molar refractivity (Wildman–Crippen MR) is 168 cm³/mol. The fourth-order valence-electron chi connectivity index (χ4n) is 5.46. The molecule has 3 aliphatic rings. The van der Waals surface area contributed by atoms with Crippen molar-refractivity contribution in [1.82, 2.24) is 19.5 Å². The molecular weight excluding hydrogens is 592 g/mol. The van der Waals surface area contributed by atoms with Crippen molar-refractivity contribution in [3.63, 3.8) is 0 Å². The van der Waals surface area contributed by atoms with Gasteiger partial charge in [0.25, 0.3) is 0 Å². The normalized spacial score (nSPS) is 13.8. The smallest absolute Gasteiger partial charge is 0.181 e. The zero-order valence-corrected chi connectivity index (χ0v) is 26.1. The monoisotopic (exact) mass is 629 g/mol. The Balaban J connectivity index is 1.28. The van der Waals surface area contributed by atoms with Gasteiger partial charge in [0.05, 0.1) is 39.3 Å². The Morgan fingerprint density at radius 1 is 0.870 bits per heavy atom. The van der Waals surface area contributed by atoms with Gasteiger partial charge in [-0.1, -0.05) is 30.3 Å². The van der Waals surface area contributed by atoms with Crippen LogP contribution in [0.1, 0.15) is 62.0 Å². The van der Waals surface area contributed by atoms with E-state index >= 15 is 0 Å². The predicted octanol–water partition coefficient (Wildman–Crippen LogP) is 7.43. The summed E-state index contributed by atoms with van der Waals surface area (Å²) in [6.07, 6.45) is 6.24. The zero-order chi connectivity index (χ0) is 32.1. The number of aromatic nitrogens is 4. The molecule has 0 bridgehead atoms. The summed E-state index contributed by atoms with van der Waals surface area (Å²) in [6, 6.07) is 18.3. The number of halogens is 2. The number of nitrogens with one attached hydrogen (secondary N) is 1. The van der Waals surface area contributed by atoms with Gasteiger partial charge in [-0.3, -0.25) is 4.84 Å². The maximum absolute atomic E-state index is 13.8. The molecule has 2 aliphatic heterocycles. The van der Waals surface area contributed by atoms with Crippen LogP contribution in [0.4, 0.5) is 14.6 Å². The van der Waals surface area contributed by atoms with Gasteiger partial charge < -0.3 is 18.8 Å². The summed E-state index contributed by atoms with van der Waals surface area (Å²) in [7, 11) is 1.64. The van der Waals surface area contributed by atoms with Crippen molar-refractivity contribution >= 4 is 5.82 Å². The summed E-state index contributed by atoms with van der Waals surface area (Å²) in [5.74, 6) is 2.05. The van der Waals surface area contributed by atoms with Crippen LogP contribution in [0.15, 0.2) is 73.1 Å². The van der Waals surface area contributed by atoms with Gasteiger partial charge in [0.1, 0.15) is 17.2 Å². The lowest BCUT2D eigenvalue weighted by Crippen LogP contribution is -2.23. The van der Waals surface area contributed by atoms with E-state index in [9.17, 15) is 8.78 Å². The van der Waals surface area contributed by atoms with Crippen LogP contribution in [0.5, 0.6) is 11.5 Å². The average Bonchev–Trinajstić information content (AvgIpc) is 3.73. The van der Waals surface area contributed by atoms with Gasteiger partial charge in [0.2, 0.25) is 0 Å². The van der Waals surface area contributed by atoms with Gasteiger partial charge in [0, 0.05) is 0 Å². The largest absolute Gasteiger partial charge is 0.493 e. The second kappa shape index (κ2) is 13.8. The molecule has 1 aliphatic carbocycles. The summed E-state index contributed by atoms with van der Waals surface area (Å²) in [5.41, 5.74) is 4.74. The lowest BCUT2D eigenvalue weighted by Gasteiger charge is -2.22. The van der Waals surface area contributed by atoms with Crippen LogP contribution in [0.3, 0.4) is 0 Å². The first-order chi connectivity index (χ1) is 22.3. The first-order valence-electron chi connectivity index (χ1n) is 15.3. The molecule has 0 aromatic heterocycles.